The number of hydrogen-bond donors (Lipinski definition) is 2. The molecule has 0 fully saturated rings. The van der Waals surface area contributed by atoms with Crippen molar-refractivity contribution in [3.63, 3.8) is 0 Å². The van der Waals surface area contributed by atoms with Gasteiger partial charge in [0.15, 0.2) is 5.65 Å². The van der Waals surface area contributed by atoms with E-state index in [0.29, 0.717) is 12.2 Å². The van der Waals surface area contributed by atoms with Gasteiger partial charge in [-0.25, -0.2) is 9.97 Å². The number of nitrogens with zero attached hydrogens (tertiary/aromatic N) is 3. The monoisotopic (exact) mass is 271 g/mol. The van der Waals surface area contributed by atoms with Gasteiger partial charge >= 0.3 is 0 Å². The Hall–Kier alpha value is -2.17. The van der Waals surface area contributed by atoms with Gasteiger partial charge in [-0.15, -0.1) is 6.58 Å². The molecule has 0 aliphatic carbocycles. The molecule has 0 aromatic carbocycles. The summed E-state index contributed by atoms with van der Waals surface area (Å²) in [7, 11) is 0. The molecule has 2 heterocycles. The number of nitrogens with one attached hydrogen (secondary N) is 1. The molecule has 5 heteroatoms. The third kappa shape index (κ3) is 3.44. The van der Waals surface area contributed by atoms with E-state index in [-0.39, 0.29) is 5.95 Å². The summed E-state index contributed by atoms with van der Waals surface area (Å²) < 4.78 is 0. The number of nitrogens with two attached hydrogens (primary N) is 1. The number of fused-ring (bicyclic) bond motifs is 1. The summed E-state index contributed by atoms with van der Waals surface area (Å²) in [6, 6.07) is 2.10. The van der Waals surface area contributed by atoms with E-state index in [0.717, 1.165) is 24.0 Å². The van der Waals surface area contributed by atoms with Crippen molar-refractivity contribution in [1.82, 2.24) is 15.0 Å². The predicted octanol–water partition coefficient (Wildman–Crippen LogP) is 2.94. The molecule has 0 aliphatic rings. The molecule has 0 saturated heterocycles. The molecule has 2 aromatic heterocycles. The minimum atomic E-state index is 0.249. The Morgan fingerprint density at radius 3 is 2.95 bits per heavy atom. The topological polar surface area (TPSA) is 76.7 Å². The predicted molar refractivity (Wildman–Crippen MR) is 83.7 cm³/mol. The number of aryl methyl sites for hydroxylation is 1. The Morgan fingerprint density at radius 1 is 1.35 bits per heavy atom. The normalized spacial score (nSPS) is 10.7. The van der Waals surface area contributed by atoms with Gasteiger partial charge in [0, 0.05) is 18.1 Å². The second-order valence-electron chi connectivity index (χ2n) is 4.76. The molecule has 3 N–H and O–H groups in total. The Bertz CT molecular complexity index is 594. The van der Waals surface area contributed by atoms with E-state index in [9.17, 15) is 0 Å². The zero-order valence-corrected chi connectivity index (χ0v) is 11.9. The summed E-state index contributed by atoms with van der Waals surface area (Å²) in [5, 5.41) is 4.20. The van der Waals surface area contributed by atoms with Crippen molar-refractivity contribution in [3.8, 4) is 0 Å². The Morgan fingerprint density at radius 2 is 2.20 bits per heavy atom. The van der Waals surface area contributed by atoms with Crippen molar-refractivity contribution < 1.29 is 0 Å². The maximum atomic E-state index is 5.61. The largest absolute Gasteiger partial charge is 0.368 e. The molecule has 2 rings (SSSR count). The van der Waals surface area contributed by atoms with Gasteiger partial charge in [-0.3, -0.25) is 0 Å². The molecular weight excluding hydrogens is 250 g/mol. The van der Waals surface area contributed by atoms with Gasteiger partial charge in [0.1, 0.15) is 5.82 Å². The lowest BCUT2D eigenvalue weighted by molar-refractivity contribution is 0.717. The number of hydrogen-bond acceptors (Lipinski definition) is 5. The fourth-order valence-corrected chi connectivity index (χ4v) is 2.10. The van der Waals surface area contributed by atoms with E-state index in [1.165, 1.54) is 18.4 Å². The van der Waals surface area contributed by atoms with Crippen molar-refractivity contribution in [2.45, 2.75) is 32.6 Å². The number of pyridine rings is 1. The first-order chi connectivity index (χ1) is 9.74. The number of anilines is 2. The molecule has 0 saturated carbocycles. The van der Waals surface area contributed by atoms with Crippen LogP contribution in [0, 0.1) is 0 Å². The molecule has 0 bridgehead atoms. The lowest BCUT2D eigenvalue weighted by Crippen LogP contribution is -2.06. The van der Waals surface area contributed by atoms with Gasteiger partial charge in [-0.2, -0.15) is 4.98 Å². The highest BCUT2D eigenvalue weighted by Crippen LogP contribution is 2.21. The lowest BCUT2D eigenvalue weighted by Gasteiger charge is -2.11. The molecule has 0 spiro atoms. The average Bonchev–Trinajstić information content (AvgIpc) is 2.45. The third-order valence-electron chi connectivity index (χ3n) is 3.13. The number of unbranched alkanes of at least 4 members (excludes halogenated alkanes) is 2. The van der Waals surface area contributed by atoms with Gasteiger partial charge in [-0.1, -0.05) is 25.8 Å². The fourth-order valence-electron chi connectivity index (χ4n) is 2.10. The van der Waals surface area contributed by atoms with Crippen LogP contribution >= 0.6 is 0 Å². The standard InChI is InChI=1S/C15H21N5/c1-3-5-6-7-11-9-12-10-18-15(16)20-14(12)19-13(11)17-8-4-2/h4,9-10H,2-3,5-8H2,1H3,(H3,16,17,18,19,20). The summed E-state index contributed by atoms with van der Waals surface area (Å²) in [5.41, 5.74) is 7.44. The van der Waals surface area contributed by atoms with Crippen LogP contribution in [0.5, 0.6) is 0 Å². The Kier molecular flexibility index (Phi) is 4.87. The van der Waals surface area contributed by atoms with Gasteiger partial charge in [0.05, 0.1) is 0 Å². The van der Waals surface area contributed by atoms with Crippen LogP contribution in [0.3, 0.4) is 0 Å². The number of rotatable bonds is 7. The fraction of sp³-hybridized carbons (Fsp3) is 0.400. The van der Waals surface area contributed by atoms with Crippen LogP contribution in [0.1, 0.15) is 31.7 Å². The Balaban J connectivity index is 2.34. The molecule has 5 nitrogen and oxygen atoms in total. The van der Waals surface area contributed by atoms with Gasteiger partial charge in [-0.05, 0) is 24.5 Å². The van der Waals surface area contributed by atoms with Gasteiger partial charge in [0.2, 0.25) is 5.95 Å². The van der Waals surface area contributed by atoms with Crippen LogP contribution in [0.15, 0.2) is 24.9 Å². The van der Waals surface area contributed by atoms with Crippen LogP contribution in [-0.4, -0.2) is 21.5 Å². The lowest BCUT2D eigenvalue weighted by atomic mass is 10.1. The van der Waals surface area contributed by atoms with E-state index in [2.05, 4.69) is 39.8 Å². The van der Waals surface area contributed by atoms with Gasteiger partial charge < -0.3 is 11.1 Å². The second kappa shape index (κ2) is 6.84. The second-order valence-corrected chi connectivity index (χ2v) is 4.76. The first kappa shape index (κ1) is 14.2. The molecular formula is C15H21N5. The number of aromatic nitrogens is 3. The van der Waals surface area contributed by atoms with Crippen molar-refractivity contribution >= 4 is 22.8 Å². The zero-order chi connectivity index (χ0) is 14.4. The van der Waals surface area contributed by atoms with Crippen molar-refractivity contribution in [3.05, 3.63) is 30.5 Å². The van der Waals surface area contributed by atoms with E-state index in [4.69, 9.17) is 5.73 Å². The van der Waals surface area contributed by atoms with E-state index in [1.807, 2.05) is 6.08 Å². The molecule has 0 radical (unpaired) electrons. The molecule has 0 atom stereocenters. The Labute approximate surface area is 119 Å². The van der Waals surface area contributed by atoms with E-state index >= 15 is 0 Å². The van der Waals surface area contributed by atoms with Crippen molar-refractivity contribution in [1.29, 1.82) is 0 Å². The third-order valence-corrected chi connectivity index (χ3v) is 3.13. The van der Waals surface area contributed by atoms with Crippen LogP contribution in [-0.2, 0) is 6.42 Å². The minimum Gasteiger partial charge on any atom is -0.368 e. The number of nitrogen functional groups attached to an aromatic ring is 1. The maximum absolute atomic E-state index is 5.61. The van der Waals surface area contributed by atoms with Crippen LogP contribution in [0.2, 0.25) is 0 Å². The highest BCUT2D eigenvalue weighted by atomic mass is 15.1. The van der Waals surface area contributed by atoms with Crippen LogP contribution < -0.4 is 11.1 Å². The summed E-state index contributed by atoms with van der Waals surface area (Å²) in [5.74, 6) is 1.12. The zero-order valence-electron chi connectivity index (χ0n) is 11.9. The van der Waals surface area contributed by atoms with Crippen LogP contribution in [0.4, 0.5) is 11.8 Å². The quantitative estimate of drug-likeness (QED) is 0.598. The van der Waals surface area contributed by atoms with Crippen LogP contribution in [0.25, 0.3) is 11.0 Å². The molecule has 0 unspecified atom stereocenters. The average molecular weight is 271 g/mol. The summed E-state index contributed by atoms with van der Waals surface area (Å²) >= 11 is 0. The molecule has 106 valence electrons. The highest BCUT2D eigenvalue weighted by molar-refractivity contribution is 5.78. The highest BCUT2D eigenvalue weighted by Gasteiger charge is 2.08. The maximum Gasteiger partial charge on any atom is 0.222 e. The van der Waals surface area contributed by atoms with Crippen molar-refractivity contribution in [2.75, 3.05) is 17.6 Å². The summed E-state index contributed by atoms with van der Waals surface area (Å²) in [4.78, 5) is 12.8. The first-order valence-corrected chi connectivity index (χ1v) is 7.01. The molecule has 20 heavy (non-hydrogen) atoms. The SMILES string of the molecule is C=CCNc1nc2nc(N)ncc2cc1CCCCC. The first-order valence-electron chi connectivity index (χ1n) is 7.01. The van der Waals surface area contributed by atoms with Gasteiger partial charge in [0.25, 0.3) is 0 Å². The smallest absolute Gasteiger partial charge is 0.222 e. The molecule has 0 aliphatic heterocycles. The molecule has 0 amide bonds. The molecule has 2 aromatic rings. The van der Waals surface area contributed by atoms with Crippen molar-refractivity contribution in [2.24, 2.45) is 0 Å². The van der Waals surface area contributed by atoms with E-state index in [1.54, 1.807) is 6.20 Å². The summed E-state index contributed by atoms with van der Waals surface area (Å²) in [6.07, 6.45) is 8.12. The minimum absolute atomic E-state index is 0.249. The van der Waals surface area contributed by atoms with E-state index < -0.39 is 0 Å². The summed E-state index contributed by atoms with van der Waals surface area (Å²) in [6.45, 7) is 6.60.